The van der Waals surface area contributed by atoms with Crippen molar-refractivity contribution in [1.29, 1.82) is 0 Å². The topological polar surface area (TPSA) is 77.0 Å². The molecule has 0 saturated heterocycles. The fourth-order valence-electron chi connectivity index (χ4n) is 2.30. The lowest BCUT2D eigenvalue weighted by molar-refractivity contribution is -0.121. The van der Waals surface area contributed by atoms with Crippen LogP contribution in [0.1, 0.15) is 5.56 Å². The minimum absolute atomic E-state index is 0.0243. The molecule has 0 unspecified atom stereocenters. The average Bonchev–Trinajstić information content (AvgIpc) is 3.08. The third kappa shape index (κ3) is 4.84. The summed E-state index contributed by atoms with van der Waals surface area (Å²) < 4.78 is 28.7. The monoisotopic (exact) mass is 347 g/mol. The second-order valence-electron chi connectivity index (χ2n) is 5.59. The van der Waals surface area contributed by atoms with E-state index < -0.39 is 6.10 Å². The van der Waals surface area contributed by atoms with Crippen molar-refractivity contribution < 1.29 is 28.5 Å². The van der Waals surface area contributed by atoms with Crippen LogP contribution in [0.4, 0.5) is 4.39 Å². The Kier molecular flexibility index (Phi) is 5.35. The summed E-state index contributed by atoms with van der Waals surface area (Å²) in [7, 11) is 0. The number of rotatable bonds is 7. The number of aliphatic hydroxyl groups excluding tert-OH is 1. The Morgan fingerprint density at radius 1 is 1.20 bits per heavy atom. The number of fused-ring (bicyclic) bond motifs is 1. The third-order valence-electron chi connectivity index (χ3n) is 3.60. The van der Waals surface area contributed by atoms with E-state index in [0.717, 1.165) is 0 Å². The molecule has 0 aromatic heterocycles. The first kappa shape index (κ1) is 17.0. The van der Waals surface area contributed by atoms with Gasteiger partial charge < -0.3 is 24.6 Å². The number of aliphatic hydroxyl groups is 1. The largest absolute Gasteiger partial charge is 0.491 e. The molecule has 0 spiro atoms. The fourth-order valence-corrected chi connectivity index (χ4v) is 2.30. The van der Waals surface area contributed by atoms with Gasteiger partial charge in [0.25, 0.3) is 0 Å². The summed E-state index contributed by atoms with van der Waals surface area (Å²) in [6.07, 6.45) is -0.738. The molecular weight excluding hydrogens is 329 g/mol. The summed E-state index contributed by atoms with van der Waals surface area (Å²) in [5, 5.41) is 12.5. The molecule has 1 heterocycles. The quantitative estimate of drug-likeness (QED) is 0.796. The van der Waals surface area contributed by atoms with Gasteiger partial charge in [0.2, 0.25) is 12.7 Å². The van der Waals surface area contributed by atoms with Crippen LogP contribution < -0.4 is 19.5 Å². The van der Waals surface area contributed by atoms with Crippen molar-refractivity contribution in [3.8, 4) is 17.2 Å². The molecule has 1 amide bonds. The van der Waals surface area contributed by atoms with E-state index in [1.807, 2.05) is 0 Å². The Hall–Kier alpha value is -2.80. The molecule has 1 aliphatic rings. The SMILES string of the molecule is O=C(Cc1ccc(F)cc1)NC[C@@H](O)COc1ccc2c(c1)OCO2. The number of carbonyl (C=O) groups excluding carboxylic acids is 1. The zero-order valence-electron chi connectivity index (χ0n) is 13.4. The van der Waals surface area contributed by atoms with Crippen molar-refractivity contribution >= 4 is 5.91 Å². The van der Waals surface area contributed by atoms with Crippen LogP contribution in [0, 0.1) is 5.82 Å². The van der Waals surface area contributed by atoms with Crippen LogP contribution in [0.15, 0.2) is 42.5 Å². The first-order valence-corrected chi connectivity index (χ1v) is 7.82. The number of hydrogen-bond donors (Lipinski definition) is 2. The van der Waals surface area contributed by atoms with Gasteiger partial charge in [0.05, 0.1) is 6.42 Å². The molecule has 1 aliphatic heterocycles. The van der Waals surface area contributed by atoms with Gasteiger partial charge in [0.1, 0.15) is 24.3 Å². The number of benzene rings is 2. The van der Waals surface area contributed by atoms with Gasteiger partial charge in [0, 0.05) is 12.6 Å². The second kappa shape index (κ2) is 7.85. The third-order valence-corrected chi connectivity index (χ3v) is 3.60. The Labute approximate surface area is 144 Å². The molecule has 7 heteroatoms. The van der Waals surface area contributed by atoms with Crippen molar-refractivity contribution in [1.82, 2.24) is 5.32 Å². The smallest absolute Gasteiger partial charge is 0.231 e. The molecule has 2 aromatic carbocycles. The van der Waals surface area contributed by atoms with Gasteiger partial charge in [-0.1, -0.05) is 12.1 Å². The van der Waals surface area contributed by atoms with Gasteiger partial charge in [-0.2, -0.15) is 0 Å². The molecule has 3 rings (SSSR count). The Morgan fingerprint density at radius 3 is 2.76 bits per heavy atom. The van der Waals surface area contributed by atoms with E-state index in [1.165, 1.54) is 12.1 Å². The predicted molar refractivity (Wildman–Crippen MR) is 87.2 cm³/mol. The molecule has 1 atom stereocenters. The summed E-state index contributed by atoms with van der Waals surface area (Å²) in [5.41, 5.74) is 0.699. The Balaban J connectivity index is 1.39. The van der Waals surface area contributed by atoms with Gasteiger partial charge in [-0.15, -0.1) is 0 Å². The van der Waals surface area contributed by atoms with Crippen LogP contribution in [0.3, 0.4) is 0 Å². The molecule has 0 aliphatic carbocycles. The van der Waals surface area contributed by atoms with Crippen LogP contribution in [0.25, 0.3) is 0 Å². The zero-order chi connectivity index (χ0) is 17.6. The normalized spacial score (nSPS) is 13.4. The van der Waals surface area contributed by atoms with Crippen molar-refractivity contribution in [2.24, 2.45) is 0 Å². The second-order valence-corrected chi connectivity index (χ2v) is 5.59. The lowest BCUT2D eigenvalue weighted by atomic mass is 10.1. The number of hydrogen-bond acceptors (Lipinski definition) is 5. The summed E-state index contributed by atoms with van der Waals surface area (Å²) in [5.74, 6) is 1.19. The maximum Gasteiger partial charge on any atom is 0.231 e. The number of amides is 1. The van der Waals surface area contributed by atoms with E-state index in [0.29, 0.717) is 22.8 Å². The standard InChI is InChI=1S/C18H18FNO5/c19-13-3-1-12(2-4-13)7-18(22)20-9-14(21)10-23-15-5-6-16-17(8-15)25-11-24-16/h1-6,8,14,21H,7,9-11H2,(H,20,22)/t14-/m1/s1. The maximum atomic E-state index is 12.8. The van der Waals surface area contributed by atoms with E-state index in [9.17, 15) is 14.3 Å². The van der Waals surface area contributed by atoms with E-state index in [2.05, 4.69) is 5.32 Å². The fraction of sp³-hybridized carbons (Fsp3) is 0.278. The van der Waals surface area contributed by atoms with Gasteiger partial charge >= 0.3 is 0 Å². The molecule has 6 nitrogen and oxygen atoms in total. The van der Waals surface area contributed by atoms with Crippen LogP contribution in [0.2, 0.25) is 0 Å². The van der Waals surface area contributed by atoms with E-state index in [1.54, 1.807) is 30.3 Å². The molecular formula is C18H18FNO5. The van der Waals surface area contributed by atoms with Gasteiger partial charge in [-0.05, 0) is 29.8 Å². The van der Waals surface area contributed by atoms with Crippen molar-refractivity contribution in [2.45, 2.75) is 12.5 Å². The Morgan fingerprint density at radius 2 is 1.96 bits per heavy atom. The highest BCUT2D eigenvalue weighted by atomic mass is 19.1. The van der Waals surface area contributed by atoms with Crippen LogP contribution in [-0.4, -0.2) is 37.1 Å². The molecule has 2 aromatic rings. The maximum absolute atomic E-state index is 12.8. The van der Waals surface area contributed by atoms with Crippen molar-refractivity contribution in [3.05, 3.63) is 53.8 Å². The van der Waals surface area contributed by atoms with Crippen LogP contribution in [0.5, 0.6) is 17.2 Å². The minimum Gasteiger partial charge on any atom is -0.491 e. The lowest BCUT2D eigenvalue weighted by Gasteiger charge is -2.13. The lowest BCUT2D eigenvalue weighted by Crippen LogP contribution is -2.36. The summed E-state index contributed by atoms with van der Waals surface area (Å²) >= 11 is 0. The van der Waals surface area contributed by atoms with Crippen LogP contribution >= 0.6 is 0 Å². The number of carbonyl (C=O) groups is 1. The summed E-state index contributed by atoms with van der Waals surface area (Å²) in [4.78, 5) is 11.8. The first-order chi connectivity index (χ1) is 12.1. The molecule has 0 radical (unpaired) electrons. The molecule has 0 bridgehead atoms. The molecule has 25 heavy (non-hydrogen) atoms. The summed E-state index contributed by atoms with van der Waals surface area (Å²) in [6.45, 7) is 0.266. The number of nitrogens with one attached hydrogen (secondary N) is 1. The first-order valence-electron chi connectivity index (χ1n) is 7.82. The highest BCUT2D eigenvalue weighted by molar-refractivity contribution is 5.78. The zero-order valence-corrected chi connectivity index (χ0v) is 13.4. The van der Waals surface area contributed by atoms with Crippen molar-refractivity contribution in [3.63, 3.8) is 0 Å². The van der Waals surface area contributed by atoms with Gasteiger partial charge in [-0.25, -0.2) is 4.39 Å². The van der Waals surface area contributed by atoms with E-state index in [4.69, 9.17) is 14.2 Å². The highest BCUT2D eigenvalue weighted by Crippen LogP contribution is 2.35. The predicted octanol–water partition coefficient (Wildman–Crippen LogP) is 1.65. The van der Waals surface area contributed by atoms with Crippen molar-refractivity contribution in [2.75, 3.05) is 19.9 Å². The van der Waals surface area contributed by atoms with Crippen LogP contribution in [-0.2, 0) is 11.2 Å². The average molecular weight is 347 g/mol. The van der Waals surface area contributed by atoms with Gasteiger partial charge in [-0.3, -0.25) is 4.79 Å². The Bertz CT molecular complexity index is 735. The molecule has 2 N–H and O–H groups in total. The van der Waals surface area contributed by atoms with Gasteiger partial charge in [0.15, 0.2) is 11.5 Å². The minimum atomic E-state index is -0.859. The highest BCUT2D eigenvalue weighted by Gasteiger charge is 2.14. The number of halogens is 1. The molecule has 0 fully saturated rings. The summed E-state index contributed by atoms with van der Waals surface area (Å²) in [6, 6.07) is 10.8. The number of ether oxygens (including phenoxy) is 3. The molecule has 132 valence electrons. The van der Waals surface area contributed by atoms with E-state index in [-0.39, 0.29) is 38.1 Å². The molecule has 0 saturated carbocycles. The van der Waals surface area contributed by atoms with E-state index >= 15 is 0 Å².